The smallest absolute Gasteiger partial charge is 0.198 e. The number of imidazole rings is 1. The van der Waals surface area contributed by atoms with E-state index in [0.717, 1.165) is 16.7 Å². The first-order valence-electron chi connectivity index (χ1n) is 6.97. The highest BCUT2D eigenvalue weighted by Gasteiger charge is 2.13. The van der Waals surface area contributed by atoms with Gasteiger partial charge in [-0.3, -0.25) is 0 Å². The minimum absolute atomic E-state index is 0.173. The summed E-state index contributed by atoms with van der Waals surface area (Å²) in [5.74, 6) is 0. The van der Waals surface area contributed by atoms with Crippen LogP contribution in [0.5, 0.6) is 0 Å². The molecule has 4 rings (SSSR count). The molecule has 0 amide bonds. The molecule has 1 atom stereocenters. The minimum Gasteiger partial charge on any atom is -0.307 e. The zero-order valence-electron chi connectivity index (χ0n) is 11.6. The van der Waals surface area contributed by atoms with Gasteiger partial charge in [0.15, 0.2) is 11.3 Å². The molecule has 102 valence electrons. The summed E-state index contributed by atoms with van der Waals surface area (Å²) in [5.41, 5.74) is 4.52. The molecule has 0 aliphatic heterocycles. The molecular weight excluding hydrogens is 260 g/mol. The number of aromatic nitrogens is 4. The lowest BCUT2D eigenvalue weighted by molar-refractivity contribution is 0.653. The summed E-state index contributed by atoms with van der Waals surface area (Å²) < 4.78 is 2.07. The molecule has 4 heteroatoms. The third kappa shape index (κ3) is 1.96. The first-order valence-corrected chi connectivity index (χ1v) is 6.97. The van der Waals surface area contributed by atoms with Crippen molar-refractivity contribution in [1.82, 2.24) is 19.5 Å². The Hall–Kier alpha value is -2.75. The van der Waals surface area contributed by atoms with Gasteiger partial charge in [-0.15, -0.1) is 0 Å². The van der Waals surface area contributed by atoms with Crippen molar-refractivity contribution in [3.63, 3.8) is 0 Å². The fraction of sp³-hybridized carbons (Fsp3) is 0.118. The Bertz CT molecular complexity index is 912. The van der Waals surface area contributed by atoms with E-state index in [2.05, 4.69) is 33.6 Å². The normalized spacial score (nSPS) is 12.8. The molecule has 4 aromatic rings. The second kappa shape index (κ2) is 4.66. The SMILES string of the molecule is C[C@@H](c1ccccc1)n1cnc2nc3ccccc3nc21. The van der Waals surface area contributed by atoms with Crippen LogP contribution < -0.4 is 0 Å². The highest BCUT2D eigenvalue weighted by atomic mass is 15.1. The molecule has 0 fully saturated rings. The molecule has 0 unspecified atom stereocenters. The minimum atomic E-state index is 0.173. The van der Waals surface area contributed by atoms with Crippen LogP contribution in [0.25, 0.3) is 22.3 Å². The topological polar surface area (TPSA) is 43.6 Å². The molecule has 0 bridgehead atoms. The fourth-order valence-corrected chi connectivity index (χ4v) is 2.59. The Labute approximate surface area is 122 Å². The van der Waals surface area contributed by atoms with E-state index in [0.29, 0.717) is 5.65 Å². The van der Waals surface area contributed by atoms with Crippen LogP contribution >= 0.6 is 0 Å². The van der Waals surface area contributed by atoms with Crippen molar-refractivity contribution in [3.8, 4) is 0 Å². The van der Waals surface area contributed by atoms with Crippen LogP contribution in [0.15, 0.2) is 60.9 Å². The Morgan fingerprint density at radius 2 is 1.52 bits per heavy atom. The first kappa shape index (κ1) is 12.0. The van der Waals surface area contributed by atoms with Gasteiger partial charge in [0.1, 0.15) is 0 Å². The zero-order chi connectivity index (χ0) is 14.2. The summed E-state index contributed by atoms with van der Waals surface area (Å²) in [6, 6.07) is 18.4. The molecule has 4 nitrogen and oxygen atoms in total. The van der Waals surface area contributed by atoms with Crippen molar-refractivity contribution in [2.24, 2.45) is 0 Å². The van der Waals surface area contributed by atoms with E-state index in [1.54, 1.807) is 0 Å². The first-order chi connectivity index (χ1) is 10.3. The van der Waals surface area contributed by atoms with E-state index in [1.807, 2.05) is 48.8 Å². The van der Waals surface area contributed by atoms with Gasteiger partial charge in [0.25, 0.3) is 0 Å². The van der Waals surface area contributed by atoms with E-state index in [9.17, 15) is 0 Å². The zero-order valence-corrected chi connectivity index (χ0v) is 11.6. The predicted molar refractivity (Wildman–Crippen MR) is 83.1 cm³/mol. The maximum atomic E-state index is 4.72. The molecule has 0 saturated carbocycles. The summed E-state index contributed by atoms with van der Waals surface area (Å²) in [7, 11) is 0. The summed E-state index contributed by atoms with van der Waals surface area (Å²) in [4.78, 5) is 13.7. The second-order valence-corrected chi connectivity index (χ2v) is 5.10. The van der Waals surface area contributed by atoms with Crippen LogP contribution in [-0.4, -0.2) is 19.5 Å². The molecule has 2 aromatic carbocycles. The number of rotatable bonds is 2. The van der Waals surface area contributed by atoms with Gasteiger partial charge in [-0.05, 0) is 24.6 Å². The van der Waals surface area contributed by atoms with Crippen molar-refractivity contribution in [1.29, 1.82) is 0 Å². The van der Waals surface area contributed by atoms with Crippen molar-refractivity contribution < 1.29 is 0 Å². The predicted octanol–water partition coefficient (Wildman–Crippen LogP) is 3.59. The fourth-order valence-electron chi connectivity index (χ4n) is 2.59. The molecular formula is C17H14N4. The van der Waals surface area contributed by atoms with Crippen LogP contribution in [0.3, 0.4) is 0 Å². The van der Waals surface area contributed by atoms with Crippen molar-refractivity contribution >= 4 is 22.3 Å². The molecule has 0 aliphatic rings. The largest absolute Gasteiger partial charge is 0.307 e. The van der Waals surface area contributed by atoms with Crippen molar-refractivity contribution in [2.45, 2.75) is 13.0 Å². The number of benzene rings is 2. The molecule has 2 aromatic heterocycles. The van der Waals surface area contributed by atoms with Crippen LogP contribution in [0.4, 0.5) is 0 Å². The number of fused-ring (bicyclic) bond motifs is 2. The van der Waals surface area contributed by atoms with Crippen LogP contribution in [0, 0.1) is 0 Å². The van der Waals surface area contributed by atoms with E-state index in [-0.39, 0.29) is 6.04 Å². The third-order valence-electron chi connectivity index (χ3n) is 3.78. The Morgan fingerprint density at radius 1 is 0.857 bits per heavy atom. The van der Waals surface area contributed by atoms with Crippen LogP contribution in [0.1, 0.15) is 18.5 Å². The lowest BCUT2D eigenvalue weighted by Gasteiger charge is -2.14. The van der Waals surface area contributed by atoms with E-state index in [1.165, 1.54) is 5.56 Å². The highest BCUT2D eigenvalue weighted by molar-refractivity contribution is 5.82. The van der Waals surface area contributed by atoms with Gasteiger partial charge in [0.2, 0.25) is 0 Å². The Kier molecular flexibility index (Phi) is 2.67. The van der Waals surface area contributed by atoms with Gasteiger partial charge in [-0.1, -0.05) is 42.5 Å². The number of hydrogen-bond donors (Lipinski definition) is 0. The number of para-hydroxylation sites is 2. The summed E-state index contributed by atoms with van der Waals surface area (Å²) in [6.45, 7) is 2.15. The molecule has 0 N–H and O–H groups in total. The Morgan fingerprint density at radius 3 is 2.29 bits per heavy atom. The Balaban J connectivity index is 1.91. The van der Waals surface area contributed by atoms with Crippen LogP contribution in [-0.2, 0) is 0 Å². The average Bonchev–Trinajstić information content (AvgIpc) is 2.95. The lowest BCUT2D eigenvalue weighted by Crippen LogP contribution is -2.06. The summed E-state index contributed by atoms with van der Waals surface area (Å²) >= 11 is 0. The van der Waals surface area contributed by atoms with E-state index < -0.39 is 0 Å². The van der Waals surface area contributed by atoms with Gasteiger partial charge in [-0.25, -0.2) is 15.0 Å². The number of hydrogen-bond acceptors (Lipinski definition) is 3. The number of nitrogens with zero attached hydrogens (tertiary/aromatic N) is 4. The molecule has 0 radical (unpaired) electrons. The molecule has 21 heavy (non-hydrogen) atoms. The van der Waals surface area contributed by atoms with Crippen LogP contribution in [0.2, 0.25) is 0 Å². The van der Waals surface area contributed by atoms with Gasteiger partial charge >= 0.3 is 0 Å². The van der Waals surface area contributed by atoms with Gasteiger partial charge in [0, 0.05) is 0 Å². The second-order valence-electron chi connectivity index (χ2n) is 5.10. The average molecular weight is 274 g/mol. The van der Waals surface area contributed by atoms with Gasteiger partial charge in [0.05, 0.1) is 23.4 Å². The standard InChI is InChI=1S/C17H14N4/c1-12(13-7-3-2-4-8-13)21-11-18-16-17(21)20-15-10-6-5-9-14(15)19-16/h2-12H,1H3/t12-/m0/s1. The molecule has 0 spiro atoms. The van der Waals surface area contributed by atoms with Crippen molar-refractivity contribution in [2.75, 3.05) is 0 Å². The molecule has 0 aliphatic carbocycles. The van der Waals surface area contributed by atoms with Crippen molar-refractivity contribution in [3.05, 3.63) is 66.5 Å². The van der Waals surface area contributed by atoms with Gasteiger partial charge in [-0.2, -0.15) is 0 Å². The third-order valence-corrected chi connectivity index (χ3v) is 3.78. The summed E-state index contributed by atoms with van der Waals surface area (Å²) in [6.07, 6.45) is 1.82. The van der Waals surface area contributed by atoms with E-state index in [4.69, 9.17) is 4.98 Å². The monoisotopic (exact) mass is 274 g/mol. The van der Waals surface area contributed by atoms with Gasteiger partial charge < -0.3 is 4.57 Å². The molecule has 0 saturated heterocycles. The quantitative estimate of drug-likeness (QED) is 0.561. The molecule has 2 heterocycles. The van der Waals surface area contributed by atoms with E-state index >= 15 is 0 Å². The lowest BCUT2D eigenvalue weighted by atomic mass is 10.1. The maximum absolute atomic E-state index is 4.72. The maximum Gasteiger partial charge on any atom is 0.198 e. The summed E-state index contributed by atoms with van der Waals surface area (Å²) in [5, 5.41) is 0. The highest BCUT2D eigenvalue weighted by Crippen LogP contribution is 2.22.